The van der Waals surface area contributed by atoms with Crippen molar-refractivity contribution in [1.29, 1.82) is 0 Å². The average molecular weight is 466 g/mol. The standard InChI is InChI=1S/C24H35NO6S/c1-16-17(2)21(24(30)31)10-7-18(16)15-20(26)9-8-19-5-3-6-22(27)25(19)12-4-13-32-14-11-23(28)29/h7,10,19-20,26H,3-6,8-9,11-15H2,1-2H3,(H,28,29)(H,30,31)/t19-,20?/m1/s1. The summed E-state index contributed by atoms with van der Waals surface area (Å²) in [5.41, 5.74) is 2.87. The summed E-state index contributed by atoms with van der Waals surface area (Å²) in [5.74, 6) is -0.143. The molecule has 0 spiro atoms. The average Bonchev–Trinajstić information content (AvgIpc) is 2.73. The lowest BCUT2D eigenvalue weighted by Crippen LogP contribution is -2.44. The van der Waals surface area contributed by atoms with E-state index in [1.807, 2.05) is 11.8 Å². The molecule has 1 heterocycles. The molecule has 0 aromatic heterocycles. The molecule has 1 aliphatic rings. The predicted octanol–water partition coefficient (Wildman–Crippen LogP) is 3.66. The fourth-order valence-corrected chi connectivity index (χ4v) is 5.12. The van der Waals surface area contributed by atoms with Crippen molar-refractivity contribution in [2.45, 2.75) is 77.4 Å². The number of piperidine rings is 1. The van der Waals surface area contributed by atoms with Crippen molar-refractivity contribution in [3.05, 3.63) is 34.4 Å². The van der Waals surface area contributed by atoms with Gasteiger partial charge in [0, 0.05) is 24.8 Å². The van der Waals surface area contributed by atoms with Gasteiger partial charge >= 0.3 is 11.9 Å². The molecule has 0 saturated carbocycles. The lowest BCUT2D eigenvalue weighted by molar-refractivity contribution is -0.137. The van der Waals surface area contributed by atoms with Gasteiger partial charge in [-0.1, -0.05) is 6.07 Å². The summed E-state index contributed by atoms with van der Waals surface area (Å²) in [6.45, 7) is 4.36. The van der Waals surface area contributed by atoms with E-state index in [0.29, 0.717) is 37.1 Å². The molecule has 0 bridgehead atoms. The predicted molar refractivity (Wildman–Crippen MR) is 125 cm³/mol. The number of amides is 1. The molecule has 1 aromatic rings. The third-order valence-corrected chi connectivity index (χ3v) is 7.33. The first-order chi connectivity index (χ1) is 15.2. The zero-order valence-electron chi connectivity index (χ0n) is 19.0. The van der Waals surface area contributed by atoms with E-state index in [9.17, 15) is 24.6 Å². The van der Waals surface area contributed by atoms with Crippen LogP contribution in [0.5, 0.6) is 0 Å². The maximum absolute atomic E-state index is 12.4. The number of aromatic carboxylic acids is 1. The molecule has 1 aliphatic heterocycles. The number of hydrogen-bond acceptors (Lipinski definition) is 5. The van der Waals surface area contributed by atoms with Crippen LogP contribution >= 0.6 is 11.8 Å². The van der Waals surface area contributed by atoms with Crippen LogP contribution in [-0.4, -0.2) is 68.3 Å². The number of thioether (sulfide) groups is 1. The van der Waals surface area contributed by atoms with Gasteiger partial charge < -0.3 is 20.2 Å². The number of carboxylic acids is 2. The SMILES string of the molecule is Cc1c(CC(O)CC[C@H]2CCCC(=O)N2CCCSCCC(=O)O)ccc(C(=O)O)c1C. The highest BCUT2D eigenvalue weighted by Crippen LogP contribution is 2.25. The van der Waals surface area contributed by atoms with Crippen LogP contribution in [0.3, 0.4) is 0 Å². The van der Waals surface area contributed by atoms with Crippen molar-refractivity contribution in [3.63, 3.8) is 0 Å². The molecule has 1 amide bonds. The monoisotopic (exact) mass is 465 g/mol. The molecular weight excluding hydrogens is 430 g/mol. The first-order valence-electron chi connectivity index (χ1n) is 11.3. The maximum atomic E-state index is 12.4. The summed E-state index contributed by atoms with van der Waals surface area (Å²) in [6.07, 6.45) is 4.62. The molecule has 178 valence electrons. The van der Waals surface area contributed by atoms with Gasteiger partial charge in [0.05, 0.1) is 18.1 Å². The molecule has 2 atom stereocenters. The van der Waals surface area contributed by atoms with E-state index >= 15 is 0 Å². The van der Waals surface area contributed by atoms with Crippen molar-refractivity contribution in [2.24, 2.45) is 0 Å². The Hall–Kier alpha value is -2.06. The van der Waals surface area contributed by atoms with Crippen LogP contribution in [0.25, 0.3) is 0 Å². The first kappa shape index (κ1) is 26.2. The molecule has 7 nitrogen and oxygen atoms in total. The highest BCUT2D eigenvalue weighted by atomic mass is 32.2. The second-order valence-corrected chi connectivity index (χ2v) is 9.73. The molecule has 0 aliphatic carbocycles. The normalized spacial score (nSPS) is 17.4. The molecule has 1 saturated heterocycles. The Morgan fingerprint density at radius 3 is 2.62 bits per heavy atom. The third-order valence-electron chi connectivity index (χ3n) is 6.26. The molecular formula is C24H35NO6S. The minimum Gasteiger partial charge on any atom is -0.481 e. The molecule has 1 fully saturated rings. The molecule has 2 rings (SSSR count). The number of aliphatic hydroxyl groups excluding tert-OH is 1. The molecule has 1 unspecified atom stereocenters. The van der Waals surface area contributed by atoms with E-state index in [1.54, 1.807) is 30.8 Å². The van der Waals surface area contributed by atoms with Gasteiger partial charge in [-0.25, -0.2) is 4.79 Å². The van der Waals surface area contributed by atoms with Crippen LogP contribution in [0, 0.1) is 13.8 Å². The van der Waals surface area contributed by atoms with Crippen molar-refractivity contribution < 1.29 is 29.7 Å². The van der Waals surface area contributed by atoms with E-state index in [1.165, 1.54) is 0 Å². The molecule has 8 heteroatoms. The number of carbonyl (C=O) groups excluding carboxylic acids is 1. The van der Waals surface area contributed by atoms with Gasteiger partial charge in [0.1, 0.15) is 0 Å². The zero-order valence-corrected chi connectivity index (χ0v) is 19.8. The van der Waals surface area contributed by atoms with Gasteiger partial charge in [-0.15, -0.1) is 0 Å². The quantitative estimate of drug-likeness (QED) is 0.381. The van der Waals surface area contributed by atoms with E-state index in [0.717, 1.165) is 48.1 Å². The summed E-state index contributed by atoms with van der Waals surface area (Å²) in [7, 11) is 0. The summed E-state index contributed by atoms with van der Waals surface area (Å²) in [6, 6.07) is 3.52. The number of benzene rings is 1. The van der Waals surface area contributed by atoms with E-state index in [4.69, 9.17) is 5.11 Å². The van der Waals surface area contributed by atoms with Crippen molar-refractivity contribution >= 4 is 29.6 Å². The second-order valence-electron chi connectivity index (χ2n) is 8.51. The van der Waals surface area contributed by atoms with Gasteiger partial charge in [0.25, 0.3) is 0 Å². The van der Waals surface area contributed by atoms with E-state index in [2.05, 4.69) is 0 Å². The topological polar surface area (TPSA) is 115 Å². The van der Waals surface area contributed by atoms with Crippen molar-refractivity contribution in [3.8, 4) is 0 Å². The lowest BCUT2D eigenvalue weighted by Gasteiger charge is -2.36. The smallest absolute Gasteiger partial charge is 0.335 e. The van der Waals surface area contributed by atoms with Gasteiger partial charge in [-0.3, -0.25) is 9.59 Å². The van der Waals surface area contributed by atoms with Crippen LogP contribution in [0.2, 0.25) is 0 Å². The molecule has 3 N–H and O–H groups in total. The van der Waals surface area contributed by atoms with Crippen LogP contribution < -0.4 is 0 Å². The Kier molecular flexibility index (Phi) is 10.5. The minimum absolute atomic E-state index is 0.132. The van der Waals surface area contributed by atoms with E-state index < -0.39 is 18.0 Å². The van der Waals surface area contributed by atoms with Crippen LogP contribution in [0.4, 0.5) is 0 Å². The van der Waals surface area contributed by atoms with Crippen LogP contribution in [0.15, 0.2) is 12.1 Å². The Bertz CT molecular complexity index is 812. The maximum Gasteiger partial charge on any atom is 0.335 e. The Morgan fingerprint density at radius 1 is 1.19 bits per heavy atom. The van der Waals surface area contributed by atoms with Gasteiger partial charge in [0.2, 0.25) is 5.91 Å². The number of likely N-dealkylation sites (tertiary alicyclic amines) is 1. The highest BCUT2D eigenvalue weighted by Gasteiger charge is 2.28. The summed E-state index contributed by atoms with van der Waals surface area (Å²) in [5, 5.41) is 28.6. The number of nitrogens with zero attached hydrogens (tertiary/aromatic N) is 1. The Morgan fingerprint density at radius 2 is 1.94 bits per heavy atom. The fraction of sp³-hybridized carbons (Fsp3) is 0.625. The zero-order chi connectivity index (χ0) is 23.7. The number of aliphatic hydroxyl groups is 1. The van der Waals surface area contributed by atoms with Crippen molar-refractivity contribution in [2.75, 3.05) is 18.1 Å². The van der Waals surface area contributed by atoms with Gasteiger partial charge in [-0.05, 0) is 80.9 Å². The largest absolute Gasteiger partial charge is 0.481 e. The van der Waals surface area contributed by atoms with Crippen molar-refractivity contribution in [1.82, 2.24) is 4.90 Å². The first-order valence-corrected chi connectivity index (χ1v) is 12.5. The molecule has 32 heavy (non-hydrogen) atoms. The third kappa shape index (κ3) is 7.81. The summed E-state index contributed by atoms with van der Waals surface area (Å²) < 4.78 is 0. The lowest BCUT2D eigenvalue weighted by atomic mass is 9.91. The fourth-order valence-electron chi connectivity index (χ4n) is 4.27. The molecule has 0 radical (unpaired) electrons. The number of hydrogen-bond donors (Lipinski definition) is 3. The molecule has 1 aromatic carbocycles. The second kappa shape index (κ2) is 12.8. The highest BCUT2D eigenvalue weighted by molar-refractivity contribution is 7.99. The number of carbonyl (C=O) groups is 3. The Balaban J connectivity index is 1.84. The van der Waals surface area contributed by atoms with Gasteiger partial charge in [0.15, 0.2) is 0 Å². The van der Waals surface area contributed by atoms with Crippen LogP contribution in [-0.2, 0) is 16.0 Å². The number of aliphatic carboxylic acids is 1. The van der Waals surface area contributed by atoms with Crippen LogP contribution in [0.1, 0.15) is 72.0 Å². The number of rotatable bonds is 13. The van der Waals surface area contributed by atoms with Gasteiger partial charge in [-0.2, -0.15) is 11.8 Å². The summed E-state index contributed by atoms with van der Waals surface area (Å²) >= 11 is 1.60. The van der Waals surface area contributed by atoms with E-state index in [-0.39, 0.29) is 18.4 Å². The number of carboxylic acid groups (broad SMARTS) is 2. The Labute approximate surface area is 194 Å². The minimum atomic E-state index is -0.944. The summed E-state index contributed by atoms with van der Waals surface area (Å²) in [4.78, 5) is 36.3.